The number of para-hydroxylation sites is 1. The first-order chi connectivity index (χ1) is 9.83. The number of benzene rings is 1. The second kappa shape index (κ2) is 7.37. The number of aliphatic hydroxyl groups is 2. The molecule has 1 aromatic carbocycles. The summed E-state index contributed by atoms with van der Waals surface area (Å²) in [5, 5.41) is 21.1. The van der Waals surface area contributed by atoms with Crippen molar-refractivity contribution in [3.05, 3.63) is 36.7 Å². The topological polar surface area (TPSA) is 94.4 Å². The SMILES string of the molecule is OCCN(CCO)c1n[c]nc(Nc2ccccc2)n1. The van der Waals surface area contributed by atoms with Crippen LogP contribution in [-0.4, -0.2) is 51.5 Å². The third kappa shape index (κ3) is 3.87. The number of hydrogen-bond acceptors (Lipinski definition) is 7. The maximum atomic E-state index is 9.01. The van der Waals surface area contributed by atoms with Crippen LogP contribution in [0.3, 0.4) is 0 Å². The molecular weight excluding hydrogens is 258 g/mol. The lowest BCUT2D eigenvalue weighted by molar-refractivity contribution is 0.280. The van der Waals surface area contributed by atoms with Gasteiger partial charge in [0.15, 0.2) is 0 Å². The Labute approximate surface area is 117 Å². The van der Waals surface area contributed by atoms with Crippen molar-refractivity contribution < 1.29 is 10.2 Å². The molecule has 3 N–H and O–H groups in total. The van der Waals surface area contributed by atoms with Gasteiger partial charge in [-0.15, -0.1) is 0 Å². The highest BCUT2D eigenvalue weighted by Crippen LogP contribution is 2.13. The predicted molar refractivity (Wildman–Crippen MR) is 74.8 cm³/mol. The summed E-state index contributed by atoms with van der Waals surface area (Å²) in [7, 11) is 0. The molecular formula is C13H16N5O2. The van der Waals surface area contributed by atoms with Crippen LogP contribution in [-0.2, 0) is 0 Å². The van der Waals surface area contributed by atoms with Crippen LogP contribution in [0.1, 0.15) is 0 Å². The molecule has 0 bridgehead atoms. The summed E-state index contributed by atoms with van der Waals surface area (Å²) in [4.78, 5) is 13.8. The van der Waals surface area contributed by atoms with Crippen molar-refractivity contribution in [1.29, 1.82) is 0 Å². The minimum absolute atomic E-state index is 0.0485. The van der Waals surface area contributed by atoms with Crippen LogP contribution in [0.15, 0.2) is 30.3 Å². The molecule has 1 heterocycles. The molecule has 2 rings (SSSR count). The van der Waals surface area contributed by atoms with Crippen LogP contribution in [0.2, 0.25) is 0 Å². The zero-order valence-corrected chi connectivity index (χ0v) is 10.9. The van der Waals surface area contributed by atoms with E-state index in [0.29, 0.717) is 25.0 Å². The van der Waals surface area contributed by atoms with Crippen LogP contribution < -0.4 is 10.2 Å². The van der Waals surface area contributed by atoms with E-state index in [0.717, 1.165) is 5.69 Å². The van der Waals surface area contributed by atoms with Crippen molar-refractivity contribution >= 4 is 17.6 Å². The number of rotatable bonds is 7. The Morgan fingerprint density at radius 1 is 1.05 bits per heavy atom. The molecule has 0 atom stereocenters. The average Bonchev–Trinajstić information content (AvgIpc) is 2.48. The van der Waals surface area contributed by atoms with Crippen molar-refractivity contribution in [3.8, 4) is 0 Å². The smallest absolute Gasteiger partial charge is 0.232 e. The van der Waals surface area contributed by atoms with Gasteiger partial charge in [0.1, 0.15) is 0 Å². The van der Waals surface area contributed by atoms with E-state index in [1.54, 1.807) is 4.90 Å². The maximum Gasteiger partial charge on any atom is 0.232 e. The Morgan fingerprint density at radius 3 is 2.40 bits per heavy atom. The number of nitrogens with zero attached hydrogens (tertiary/aromatic N) is 4. The fourth-order valence-electron chi connectivity index (χ4n) is 1.66. The van der Waals surface area contributed by atoms with Gasteiger partial charge in [-0.3, -0.25) is 0 Å². The van der Waals surface area contributed by atoms with E-state index in [1.165, 1.54) is 0 Å². The molecule has 0 spiro atoms. The van der Waals surface area contributed by atoms with Gasteiger partial charge in [-0.2, -0.15) is 15.0 Å². The number of aromatic nitrogens is 3. The highest BCUT2D eigenvalue weighted by atomic mass is 16.3. The van der Waals surface area contributed by atoms with E-state index in [2.05, 4.69) is 26.6 Å². The van der Waals surface area contributed by atoms with Gasteiger partial charge < -0.3 is 20.4 Å². The lowest BCUT2D eigenvalue weighted by Gasteiger charge is -2.20. The molecule has 1 radical (unpaired) electrons. The number of anilines is 3. The molecule has 2 aromatic rings. The van der Waals surface area contributed by atoms with Crippen molar-refractivity contribution in [1.82, 2.24) is 15.0 Å². The second-order valence-corrected chi connectivity index (χ2v) is 3.98. The highest BCUT2D eigenvalue weighted by molar-refractivity contribution is 5.53. The van der Waals surface area contributed by atoms with Gasteiger partial charge in [-0.1, -0.05) is 18.2 Å². The van der Waals surface area contributed by atoms with Crippen LogP contribution in [0.25, 0.3) is 0 Å². The average molecular weight is 274 g/mol. The minimum Gasteiger partial charge on any atom is -0.395 e. The molecule has 105 valence electrons. The lowest BCUT2D eigenvalue weighted by Crippen LogP contribution is -2.31. The molecule has 0 unspecified atom stereocenters. The molecule has 0 aliphatic rings. The molecule has 7 heteroatoms. The van der Waals surface area contributed by atoms with Crippen molar-refractivity contribution in [2.75, 3.05) is 36.5 Å². The summed E-state index contributed by atoms with van der Waals surface area (Å²) in [6.07, 6.45) is 2.52. The monoisotopic (exact) mass is 274 g/mol. The quantitative estimate of drug-likeness (QED) is 0.664. The normalized spacial score (nSPS) is 10.3. The van der Waals surface area contributed by atoms with Crippen LogP contribution in [0, 0.1) is 6.33 Å². The third-order valence-corrected chi connectivity index (χ3v) is 2.56. The van der Waals surface area contributed by atoms with Crippen molar-refractivity contribution in [2.45, 2.75) is 0 Å². The summed E-state index contributed by atoms with van der Waals surface area (Å²) >= 11 is 0. The minimum atomic E-state index is -0.0485. The van der Waals surface area contributed by atoms with Gasteiger partial charge in [0.05, 0.1) is 13.2 Å². The Hall–Kier alpha value is -2.25. The molecule has 1 aromatic heterocycles. The largest absolute Gasteiger partial charge is 0.395 e. The first kappa shape index (κ1) is 14.2. The van der Waals surface area contributed by atoms with Crippen LogP contribution >= 0.6 is 0 Å². The van der Waals surface area contributed by atoms with Crippen LogP contribution in [0.4, 0.5) is 17.6 Å². The Morgan fingerprint density at radius 2 is 1.75 bits per heavy atom. The van der Waals surface area contributed by atoms with Gasteiger partial charge in [0.25, 0.3) is 0 Å². The Balaban J connectivity index is 2.14. The van der Waals surface area contributed by atoms with E-state index in [1.807, 2.05) is 30.3 Å². The first-order valence-electron chi connectivity index (χ1n) is 6.24. The van der Waals surface area contributed by atoms with Crippen LogP contribution in [0.5, 0.6) is 0 Å². The Kier molecular flexibility index (Phi) is 5.22. The fourth-order valence-corrected chi connectivity index (χ4v) is 1.66. The molecule has 0 fully saturated rings. The lowest BCUT2D eigenvalue weighted by atomic mass is 10.3. The maximum absolute atomic E-state index is 9.01. The van der Waals surface area contributed by atoms with E-state index in [-0.39, 0.29) is 13.2 Å². The van der Waals surface area contributed by atoms with Crippen molar-refractivity contribution in [3.63, 3.8) is 0 Å². The fraction of sp³-hybridized carbons (Fsp3) is 0.308. The number of aliphatic hydroxyl groups excluding tert-OH is 2. The molecule has 0 aliphatic heterocycles. The van der Waals surface area contributed by atoms with Gasteiger partial charge in [-0.05, 0) is 12.1 Å². The van der Waals surface area contributed by atoms with E-state index in [4.69, 9.17) is 10.2 Å². The molecule has 0 saturated heterocycles. The first-order valence-corrected chi connectivity index (χ1v) is 6.24. The molecule has 0 saturated carbocycles. The molecule has 0 amide bonds. The molecule has 0 aliphatic carbocycles. The van der Waals surface area contributed by atoms with E-state index in [9.17, 15) is 0 Å². The third-order valence-electron chi connectivity index (χ3n) is 2.56. The van der Waals surface area contributed by atoms with Gasteiger partial charge in [0.2, 0.25) is 18.2 Å². The van der Waals surface area contributed by atoms with E-state index < -0.39 is 0 Å². The van der Waals surface area contributed by atoms with Crippen molar-refractivity contribution in [2.24, 2.45) is 0 Å². The summed E-state index contributed by atoms with van der Waals surface area (Å²) in [5.41, 5.74) is 0.855. The highest BCUT2D eigenvalue weighted by Gasteiger charge is 2.10. The number of nitrogens with one attached hydrogen (secondary N) is 1. The summed E-state index contributed by atoms with van der Waals surface area (Å²) in [6.45, 7) is 0.576. The summed E-state index contributed by atoms with van der Waals surface area (Å²) < 4.78 is 0. The van der Waals surface area contributed by atoms with E-state index >= 15 is 0 Å². The van der Waals surface area contributed by atoms with Gasteiger partial charge in [0, 0.05) is 18.8 Å². The summed E-state index contributed by atoms with van der Waals surface area (Å²) in [5.74, 6) is 0.726. The molecule has 7 nitrogen and oxygen atoms in total. The Bertz CT molecular complexity index is 517. The van der Waals surface area contributed by atoms with Gasteiger partial charge in [-0.25, -0.2) is 0 Å². The number of hydrogen-bond donors (Lipinski definition) is 3. The standard InChI is InChI=1S/C13H16N5O2/c19-8-6-18(7-9-20)13-15-10-14-12(17-13)16-11-4-2-1-3-5-11/h1-5,19-20H,6-9H2,(H,14,15,16,17). The zero-order chi connectivity index (χ0) is 14.2. The summed E-state index contributed by atoms with van der Waals surface area (Å²) in [6, 6.07) is 9.50. The zero-order valence-electron chi connectivity index (χ0n) is 10.9. The molecule has 20 heavy (non-hydrogen) atoms. The second-order valence-electron chi connectivity index (χ2n) is 3.98. The predicted octanol–water partition coefficient (Wildman–Crippen LogP) is 0.206. The van der Waals surface area contributed by atoms with Gasteiger partial charge >= 0.3 is 0 Å².